The van der Waals surface area contributed by atoms with Crippen molar-refractivity contribution in [3.63, 3.8) is 0 Å². The van der Waals surface area contributed by atoms with Gasteiger partial charge in [0, 0.05) is 38.4 Å². The fourth-order valence-corrected chi connectivity index (χ4v) is 3.75. The maximum absolute atomic E-state index is 12.1. The molecule has 0 unspecified atom stereocenters. The van der Waals surface area contributed by atoms with Crippen LogP contribution in [0.2, 0.25) is 0 Å². The highest BCUT2D eigenvalue weighted by molar-refractivity contribution is 7.99. The van der Waals surface area contributed by atoms with Crippen LogP contribution in [0.4, 0.5) is 0 Å². The van der Waals surface area contributed by atoms with Crippen molar-refractivity contribution in [3.05, 3.63) is 36.2 Å². The Morgan fingerprint density at radius 3 is 2.67 bits per heavy atom. The van der Waals surface area contributed by atoms with Crippen LogP contribution in [0, 0.1) is 6.92 Å². The minimum absolute atomic E-state index is 0.0387. The standard InChI is InChI=1S/C19H28N6OS/c1-16-4-6-17(7-5-16)25-15-21-22-19(25)27-14-18(26)20-8-3-9-24-12-10-23(2)11-13-24/h4-7,15H,3,8-14H2,1-2H3,(H,20,26). The average Bonchev–Trinajstić information content (AvgIpc) is 3.14. The number of piperazine rings is 1. The maximum Gasteiger partial charge on any atom is 0.230 e. The van der Waals surface area contributed by atoms with Crippen LogP contribution in [0.15, 0.2) is 35.7 Å². The van der Waals surface area contributed by atoms with Gasteiger partial charge >= 0.3 is 0 Å². The summed E-state index contributed by atoms with van der Waals surface area (Å²) >= 11 is 1.41. The second-order valence-electron chi connectivity index (χ2n) is 6.96. The Balaban J connectivity index is 1.37. The molecule has 0 bridgehead atoms. The van der Waals surface area contributed by atoms with Crippen molar-refractivity contribution in [2.75, 3.05) is 52.1 Å². The van der Waals surface area contributed by atoms with Gasteiger partial charge in [-0.15, -0.1) is 10.2 Å². The molecule has 3 rings (SSSR count). The van der Waals surface area contributed by atoms with E-state index < -0.39 is 0 Å². The van der Waals surface area contributed by atoms with E-state index in [0.29, 0.717) is 5.75 Å². The summed E-state index contributed by atoms with van der Waals surface area (Å²) in [6.07, 6.45) is 2.67. The molecule has 2 heterocycles. The topological polar surface area (TPSA) is 66.3 Å². The number of aromatic nitrogens is 3. The number of nitrogens with one attached hydrogen (secondary N) is 1. The first-order chi connectivity index (χ1) is 13.1. The Kier molecular flexibility index (Phi) is 7.25. The van der Waals surface area contributed by atoms with E-state index >= 15 is 0 Å². The summed E-state index contributed by atoms with van der Waals surface area (Å²) in [5, 5.41) is 11.9. The van der Waals surface area contributed by atoms with Crippen molar-refractivity contribution in [3.8, 4) is 5.69 Å². The van der Waals surface area contributed by atoms with Gasteiger partial charge in [0.05, 0.1) is 5.75 Å². The van der Waals surface area contributed by atoms with E-state index in [1.54, 1.807) is 6.33 Å². The Labute approximate surface area is 165 Å². The average molecular weight is 389 g/mol. The van der Waals surface area contributed by atoms with Gasteiger partial charge in [0.2, 0.25) is 5.91 Å². The number of nitrogens with zero attached hydrogens (tertiary/aromatic N) is 5. The molecule has 1 aliphatic rings. The number of thioether (sulfide) groups is 1. The van der Waals surface area contributed by atoms with Crippen molar-refractivity contribution in [2.24, 2.45) is 0 Å². The summed E-state index contributed by atoms with van der Waals surface area (Å²) in [7, 11) is 2.16. The lowest BCUT2D eigenvalue weighted by Gasteiger charge is -2.32. The molecule has 8 heteroatoms. The zero-order valence-corrected chi connectivity index (χ0v) is 16.9. The van der Waals surface area contributed by atoms with Gasteiger partial charge in [-0.3, -0.25) is 9.36 Å². The van der Waals surface area contributed by atoms with Gasteiger partial charge in [-0.1, -0.05) is 29.5 Å². The lowest BCUT2D eigenvalue weighted by atomic mass is 10.2. The van der Waals surface area contributed by atoms with Gasteiger partial charge in [-0.05, 0) is 39.1 Å². The third kappa shape index (κ3) is 6.05. The number of amides is 1. The number of carbonyl (C=O) groups excluding carboxylic acids is 1. The summed E-state index contributed by atoms with van der Waals surface area (Å²) < 4.78 is 1.91. The third-order valence-corrected chi connectivity index (χ3v) is 5.67. The quantitative estimate of drug-likeness (QED) is 0.545. The first kappa shape index (κ1) is 19.9. The number of carbonyl (C=O) groups is 1. The van der Waals surface area contributed by atoms with Crippen molar-refractivity contribution in [2.45, 2.75) is 18.5 Å². The summed E-state index contributed by atoms with van der Waals surface area (Å²) in [5.74, 6) is 0.385. The predicted molar refractivity (Wildman–Crippen MR) is 108 cm³/mol. The summed E-state index contributed by atoms with van der Waals surface area (Å²) in [5.41, 5.74) is 2.21. The summed E-state index contributed by atoms with van der Waals surface area (Å²) in [6, 6.07) is 8.16. The number of hydrogen-bond acceptors (Lipinski definition) is 6. The van der Waals surface area contributed by atoms with E-state index in [9.17, 15) is 4.79 Å². The molecule has 1 aromatic carbocycles. The van der Waals surface area contributed by atoms with E-state index in [0.717, 1.165) is 56.5 Å². The van der Waals surface area contributed by atoms with E-state index in [-0.39, 0.29) is 5.91 Å². The van der Waals surface area contributed by atoms with Crippen molar-refractivity contribution >= 4 is 17.7 Å². The first-order valence-corrected chi connectivity index (χ1v) is 10.4. The van der Waals surface area contributed by atoms with Crippen LogP contribution < -0.4 is 5.32 Å². The molecule has 0 saturated carbocycles. The Morgan fingerprint density at radius 2 is 1.93 bits per heavy atom. The van der Waals surface area contributed by atoms with Crippen LogP contribution in [0.3, 0.4) is 0 Å². The fraction of sp³-hybridized carbons (Fsp3) is 0.526. The van der Waals surface area contributed by atoms with Crippen molar-refractivity contribution in [1.82, 2.24) is 29.9 Å². The smallest absolute Gasteiger partial charge is 0.230 e. The van der Waals surface area contributed by atoms with Crippen LogP contribution in [-0.4, -0.2) is 82.5 Å². The predicted octanol–water partition coefficient (Wildman–Crippen LogP) is 1.42. The molecular formula is C19H28N6OS. The SMILES string of the molecule is Cc1ccc(-n2cnnc2SCC(=O)NCCCN2CCN(C)CC2)cc1. The van der Waals surface area contributed by atoms with Gasteiger partial charge < -0.3 is 15.1 Å². The summed E-state index contributed by atoms with van der Waals surface area (Å²) in [6.45, 7) is 8.32. The molecule has 146 valence electrons. The molecule has 0 atom stereocenters. The normalized spacial score (nSPS) is 15.8. The molecule has 1 amide bonds. The molecule has 27 heavy (non-hydrogen) atoms. The third-order valence-electron chi connectivity index (χ3n) is 4.73. The summed E-state index contributed by atoms with van der Waals surface area (Å²) in [4.78, 5) is 16.9. The second-order valence-corrected chi connectivity index (χ2v) is 7.90. The van der Waals surface area contributed by atoms with E-state index in [4.69, 9.17) is 0 Å². The molecule has 0 aliphatic carbocycles. The minimum atomic E-state index is 0.0387. The molecule has 1 saturated heterocycles. The molecule has 0 radical (unpaired) electrons. The number of aryl methyl sites for hydroxylation is 1. The second kappa shape index (κ2) is 9.87. The number of benzene rings is 1. The van der Waals surface area contributed by atoms with Crippen LogP contribution in [-0.2, 0) is 4.79 Å². The molecule has 1 aromatic heterocycles. The van der Waals surface area contributed by atoms with Crippen LogP contribution in [0.5, 0.6) is 0 Å². The number of rotatable bonds is 8. The minimum Gasteiger partial charge on any atom is -0.355 e. The molecular weight excluding hydrogens is 360 g/mol. The highest BCUT2D eigenvalue weighted by Gasteiger charge is 2.13. The van der Waals surface area contributed by atoms with Gasteiger partial charge in [-0.25, -0.2) is 0 Å². The van der Waals surface area contributed by atoms with Crippen LogP contribution in [0.25, 0.3) is 5.69 Å². The Bertz CT molecular complexity index is 724. The Hall–Kier alpha value is -1.90. The largest absolute Gasteiger partial charge is 0.355 e. The van der Waals surface area contributed by atoms with Crippen LogP contribution >= 0.6 is 11.8 Å². The monoisotopic (exact) mass is 388 g/mol. The lowest BCUT2D eigenvalue weighted by Crippen LogP contribution is -2.45. The molecule has 2 aromatic rings. The van der Waals surface area contributed by atoms with Crippen LogP contribution in [0.1, 0.15) is 12.0 Å². The van der Waals surface area contributed by atoms with Gasteiger partial charge in [0.1, 0.15) is 6.33 Å². The first-order valence-electron chi connectivity index (χ1n) is 9.39. The molecule has 1 aliphatic heterocycles. The fourth-order valence-electron chi connectivity index (χ4n) is 2.99. The van der Waals surface area contributed by atoms with Crippen molar-refractivity contribution in [1.29, 1.82) is 0 Å². The van der Waals surface area contributed by atoms with Gasteiger partial charge in [0.15, 0.2) is 5.16 Å². The highest BCUT2D eigenvalue weighted by Crippen LogP contribution is 2.19. The zero-order chi connectivity index (χ0) is 19.1. The van der Waals surface area contributed by atoms with E-state index in [2.05, 4.69) is 51.4 Å². The molecule has 0 spiro atoms. The molecule has 1 fully saturated rings. The number of hydrogen-bond donors (Lipinski definition) is 1. The number of likely N-dealkylation sites (N-methyl/N-ethyl adjacent to an activating group) is 1. The van der Waals surface area contributed by atoms with Crippen molar-refractivity contribution < 1.29 is 4.79 Å². The van der Waals surface area contributed by atoms with E-state index in [1.807, 2.05) is 16.7 Å². The lowest BCUT2D eigenvalue weighted by molar-refractivity contribution is -0.118. The maximum atomic E-state index is 12.1. The molecule has 7 nitrogen and oxygen atoms in total. The Morgan fingerprint density at radius 1 is 1.19 bits per heavy atom. The van der Waals surface area contributed by atoms with E-state index in [1.165, 1.54) is 17.3 Å². The van der Waals surface area contributed by atoms with Gasteiger partial charge in [-0.2, -0.15) is 0 Å². The molecule has 1 N–H and O–H groups in total. The van der Waals surface area contributed by atoms with Gasteiger partial charge in [0.25, 0.3) is 0 Å². The zero-order valence-electron chi connectivity index (χ0n) is 16.1. The highest BCUT2D eigenvalue weighted by atomic mass is 32.2.